The van der Waals surface area contributed by atoms with Crippen molar-refractivity contribution in [3.05, 3.63) is 143 Å². The van der Waals surface area contributed by atoms with Gasteiger partial charge >= 0.3 is 0 Å². The molecule has 0 saturated heterocycles. The van der Waals surface area contributed by atoms with Gasteiger partial charge < -0.3 is 20.5 Å². The van der Waals surface area contributed by atoms with Gasteiger partial charge in [-0.15, -0.1) is 42.4 Å². The van der Waals surface area contributed by atoms with Crippen LogP contribution in [0.25, 0.3) is 16.7 Å². The van der Waals surface area contributed by atoms with E-state index in [9.17, 15) is 58.9 Å². The number of pyridine rings is 1. The number of azo groups is 4. The first-order valence-electron chi connectivity index (χ1n) is 24.6. The maximum Gasteiger partial charge on any atom is 0.296 e. The minimum Gasteiger partial charge on any atom is -0.493 e. The summed E-state index contributed by atoms with van der Waals surface area (Å²) >= 11 is 7.04. The van der Waals surface area contributed by atoms with E-state index in [2.05, 4.69) is 62.6 Å². The average Bonchev–Trinajstić information content (AvgIpc) is 1.95. The maximum absolute atomic E-state index is 13.5. The summed E-state index contributed by atoms with van der Waals surface area (Å²) < 4.78 is 109. The molecule has 6 aromatic carbocycles. The standard InChI is InChI=1S/C53H46ClN13O13S4/c1-30-23-43(63-66-50-31(2)36(29-55)51-57-37-13-7-8-14-46(37)67(51)53(50)70)47(80-19-9-21-82(71,72)73)26-38(30)60-64-44-24-39(56-32(3)68)41(27-48(44)81-20-10-22-83(74,75)76)62-65-45-25-40(58-52(69)33-11-5-4-6-12-33)42(28-49(45)84(77,78)79)61-59-35-17-15-34(54)16-18-35/h4-8,11-18,23-28,70H,9-10,19-22H2,1-3H3,(H,56,68)(H,58,69)(H,71,72,73)(H,74,75,76)(H,77,78,79). The fourth-order valence-electron chi connectivity index (χ4n) is 7.90. The van der Waals surface area contributed by atoms with Gasteiger partial charge in [0.25, 0.3) is 36.3 Å². The van der Waals surface area contributed by atoms with E-state index in [0.29, 0.717) is 27.3 Å². The van der Waals surface area contributed by atoms with Crippen LogP contribution in [0.4, 0.5) is 56.9 Å². The van der Waals surface area contributed by atoms with Gasteiger partial charge in [-0.25, -0.2) is 4.98 Å². The number of thioether (sulfide) groups is 1. The van der Waals surface area contributed by atoms with E-state index in [-0.39, 0.29) is 110 Å². The summed E-state index contributed by atoms with van der Waals surface area (Å²) in [6, 6.07) is 30.7. The van der Waals surface area contributed by atoms with Gasteiger partial charge in [0.1, 0.15) is 50.7 Å². The molecule has 6 N–H and O–H groups in total. The van der Waals surface area contributed by atoms with Crippen LogP contribution in [0.1, 0.15) is 46.8 Å². The number of hydrogen-bond acceptors (Lipinski definition) is 21. The molecule has 0 aliphatic heterocycles. The number of para-hydroxylation sites is 2. The van der Waals surface area contributed by atoms with Crippen molar-refractivity contribution in [2.45, 2.75) is 43.4 Å². The molecule has 0 spiro atoms. The molecule has 0 saturated carbocycles. The number of amides is 2. The summed E-state index contributed by atoms with van der Waals surface area (Å²) in [7, 11) is -13.9. The van der Waals surface area contributed by atoms with Crippen LogP contribution in [0, 0.1) is 25.2 Å². The summed E-state index contributed by atoms with van der Waals surface area (Å²) in [5, 5.41) is 61.9. The van der Waals surface area contributed by atoms with Crippen LogP contribution in [0.5, 0.6) is 11.6 Å². The Hall–Kier alpha value is -8.93. The quantitative estimate of drug-likeness (QED) is 0.0159. The lowest BCUT2D eigenvalue weighted by molar-refractivity contribution is -0.114. The Kier molecular flexibility index (Phi) is 19.0. The van der Waals surface area contributed by atoms with Crippen LogP contribution in [0.2, 0.25) is 5.02 Å². The number of aromatic hydroxyl groups is 1. The van der Waals surface area contributed by atoms with E-state index in [4.69, 9.17) is 16.3 Å². The van der Waals surface area contributed by atoms with Crippen molar-refractivity contribution in [3.8, 4) is 17.7 Å². The van der Waals surface area contributed by atoms with E-state index in [1.807, 2.05) is 0 Å². The molecule has 0 radical (unpaired) electrons. The highest BCUT2D eigenvalue weighted by molar-refractivity contribution is 7.99. The Labute approximate surface area is 488 Å². The number of carbonyl (C=O) groups is 2. The third kappa shape index (κ3) is 15.6. The van der Waals surface area contributed by atoms with E-state index in [0.717, 1.165) is 23.9 Å². The fourth-order valence-corrected chi connectivity index (χ4v) is 10.8. The number of carbonyl (C=O) groups excluding carboxylic acids is 2. The second-order valence-corrected chi connectivity index (χ2v) is 24.2. The highest BCUT2D eigenvalue weighted by atomic mass is 35.5. The molecular weight excluding hydrogens is 1190 g/mol. The van der Waals surface area contributed by atoms with Crippen molar-refractivity contribution in [1.29, 1.82) is 5.26 Å². The average molecular weight is 1240 g/mol. The predicted molar refractivity (Wildman–Crippen MR) is 313 cm³/mol. The number of aryl methyl sites for hydroxylation is 1. The largest absolute Gasteiger partial charge is 0.493 e. The molecule has 0 aliphatic rings. The van der Waals surface area contributed by atoms with Gasteiger partial charge in [-0.05, 0) is 117 Å². The molecular formula is C53H46ClN13O13S4. The van der Waals surface area contributed by atoms with Crippen LogP contribution in [0.3, 0.4) is 0 Å². The Morgan fingerprint density at radius 1 is 0.702 bits per heavy atom. The summed E-state index contributed by atoms with van der Waals surface area (Å²) in [6.45, 7) is 4.09. The number of fused-ring (bicyclic) bond motifs is 3. The number of nitriles is 1. The van der Waals surface area contributed by atoms with E-state index >= 15 is 0 Å². The number of aromatic nitrogens is 2. The van der Waals surface area contributed by atoms with Crippen molar-refractivity contribution < 1.29 is 58.3 Å². The van der Waals surface area contributed by atoms with Gasteiger partial charge in [0.2, 0.25) is 11.8 Å². The zero-order valence-electron chi connectivity index (χ0n) is 44.1. The monoisotopic (exact) mass is 1240 g/mol. The minimum atomic E-state index is -5.14. The zero-order chi connectivity index (χ0) is 60.5. The number of nitrogens with one attached hydrogen (secondary N) is 2. The molecule has 0 bridgehead atoms. The molecule has 8 rings (SSSR count). The number of hydrogen-bond donors (Lipinski definition) is 6. The van der Waals surface area contributed by atoms with Crippen molar-refractivity contribution in [1.82, 2.24) is 9.38 Å². The smallest absolute Gasteiger partial charge is 0.296 e. The second-order valence-electron chi connectivity index (χ2n) is 18.1. The highest BCUT2D eigenvalue weighted by Gasteiger charge is 2.24. The van der Waals surface area contributed by atoms with Gasteiger partial charge in [-0.3, -0.25) is 27.6 Å². The summed E-state index contributed by atoms with van der Waals surface area (Å²) in [5.74, 6) is -2.90. The van der Waals surface area contributed by atoms with Crippen molar-refractivity contribution in [3.63, 3.8) is 0 Å². The first-order chi connectivity index (χ1) is 39.8. The van der Waals surface area contributed by atoms with Crippen LogP contribution < -0.4 is 15.4 Å². The lowest BCUT2D eigenvalue weighted by atomic mass is 10.1. The van der Waals surface area contributed by atoms with Crippen molar-refractivity contribution >= 4 is 139 Å². The number of anilines is 2. The van der Waals surface area contributed by atoms with Crippen molar-refractivity contribution in [2.75, 3.05) is 34.5 Å². The minimum absolute atomic E-state index is 0.0281. The molecule has 8 aromatic rings. The van der Waals surface area contributed by atoms with Gasteiger partial charge in [0, 0.05) is 34.0 Å². The molecule has 31 heteroatoms. The first kappa shape index (κ1) is 61.1. The normalized spacial score (nSPS) is 12.3. The fraction of sp³-hybridized carbons (Fsp3) is 0.170. The predicted octanol–water partition coefficient (Wildman–Crippen LogP) is 13.5. The van der Waals surface area contributed by atoms with Gasteiger partial charge in [-0.2, -0.15) is 40.7 Å². The van der Waals surface area contributed by atoms with E-state index < -0.39 is 64.3 Å². The Morgan fingerprint density at radius 2 is 1.31 bits per heavy atom. The summed E-state index contributed by atoms with van der Waals surface area (Å²) in [6.07, 6.45) is -0.244. The lowest BCUT2D eigenvalue weighted by Crippen LogP contribution is -2.12. The van der Waals surface area contributed by atoms with Crippen molar-refractivity contribution in [2.24, 2.45) is 40.9 Å². The Morgan fingerprint density at radius 3 is 2.00 bits per heavy atom. The SMILES string of the molecule is CC(=O)Nc1cc(N=Nc2cc(OCCCS(=O)(=O)O)c(N=Nc3c(C)c(C#N)c4nc5ccccc5n4c3O)cc2C)c(SCCCS(=O)(=O)O)cc1N=Nc1cc(NC(=O)c2ccccc2)c(N=Nc2ccc(Cl)cc2)cc1S(=O)(=O)O. The summed E-state index contributed by atoms with van der Waals surface area (Å²) in [5.41, 5.74) is 1.49. The molecule has 0 unspecified atom stereocenters. The first-order valence-corrected chi connectivity index (χ1v) is 30.6. The van der Waals surface area contributed by atoms with E-state index in [1.165, 1.54) is 72.0 Å². The molecule has 0 aliphatic carbocycles. The molecule has 2 amide bonds. The van der Waals surface area contributed by atoms with Gasteiger partial charge in [0.15, 0.2) is 11.3 Å². The third-order valence-corrected chi connectivity index (χ3v) is 15.7. The molecule has 2 aromatic heterocycles. The lowest BCUT2D eigenvalue weighted by Gasteiger charge is -2.13. The Bertz CT molecular complexity index is 4430. The van der Waals surface area contributed by atoms with Crippen LogP contribution in [0.15, 0.2) is 166 Å². The van der Waals surface area contributed by atoms with Crippen LogP contribution in [-0.4, -0.2) is 89.1 Å². The van der Waals surface area contributed by atoms with Crippen LogP contribution >= 0.6 is 23.4 Å². The third-order valence-electron chi connectivity index (χ3n) is 11.9. The van der Waals surface area contributed by atoms with Gasteiger partial charge in [0.05, 0.1) is 51.9 Å². The summed E-state index contributed by atoms with van der Waals surface area (Å²) in [4.78, 5) is 30.2. The van der Waals surface area contributed by atoms with Crippen LogP contribution in [-0.2, 0) is 35.1 Å². The number of benzene rings is 6. The number of rotatable bonds is 22. The number of halogens is 1. The Balaban J connectivity index is 1.21. The molecule has 2 heterocycles. The molecule has 0 fully saturated rings. The molecule has 0 atom stereocenters. The van der Waals surface area contributed by atoms with Gasteiger partial charge in [-0.1, -0.05) is 41.9 Å². The highest BCUT2D eigenvalue weighted by Crippen LogP contribution is 2.45. The zero-order valence-corrected chi connectivity index (χ0v) is 48.1. The van der Waals surface area contributed by atoms with E-state index in [1.54, 1.807) is 56.3 Å². The number of nitrogens with zero attached hydrogens (tertiary/aromatic N) is 11. The maximum atomic E-state index is 13.5. The number of imidazole rings is 1. The topological polar surface area (TPSA) is 391 Å². The molecule has 26 nitrogen and oxygen atoms in total. The molecule has 432 valence electrons. The molecule has 84 heavy (non-hydrogen) atoms. The second kappa shape index (κ2) is 26.1. The number of ether oxygens (including phenoxy) is 1.